The highest BCUT2D eigenvalue weighted by molar-refractivity contribution is 5.68. The van der Waals surface area contributed by atoms with Crippen molar-refractivity contribution in [3.05, 3.63) is 53.1 Å². The highest BCUT2D eigenvalue weighted by Crippen LogP contribution is 2.52. The van der Waals surface area contributed by atoms with Gasteiger partial charge in [-0.25, -0.2) is 0 Å². The number of fused-ring (bicyclic) bond motifs is 2. The maximum absolute atomic E-state index is 9.93. The molecule has 1 spiro atoms. The Kier molecular flexibility index (Phi) is 5.21. The van der Waals surface area contributed by atoms with Gasteiger partial charge in [-0.1, -0.05) is 23.4 Å². The van der Waals surface area contributed by atoms with Crippen LogP contribution in [0, 0.1) is 11.3 Å². The van der Waals surface area contributed by atoms with Crippen molar-refractivity contribution < 1.29 is 14.4 Å². The summed E-state index contributed by atoms with van der Waals surface area (Å²) in [5, 5.41) is 23.8. The molecular weight excluding hydrogens is 440 g/mol. The van der Waals surface area contributed by atoms with E-state index in [9.17, 15) is 10.4 Å². The lowest BCUT2D eigenvalue weighted by Gasteiger charge is -2.30. The lowest BCUT2D eigenvalue weighted by molar-refractivity contribution is 0.122. The van der Waals surface area contributed by atoms with Crippen LogP contribution in [0.1, 0.15) is 56.2 Å². The number of hydrogen-bond donors (Lipinski definition) is 1. The van der Waals surface area contributed by atoms with E-state index in [1.807, 2.05) is 19.9 Å². The summed E-state index contributed by atoms with van der Waals surface area (Å²) in [7, 11) is 0. The molecule has 6 rings (SSSR count). The molecule has 2 heterocycles. The van der Waals surface area contributed by atoms with Crippen molar-refractivity contribution in [2.24, 2.45) is 0 Å². The quantitative estimate of drug-likeness (QED) is 0.568. The van der Waals surface area contributed by atoms with Gasteiger partial charge < -0.3 is 14.4 Å². The van der Waals surface area contributed by atoms with E-state index in [0.29, 0.717) is 28.6 Å². The highest BCUT2D eigenvalue weighted by atomic mass is 16.5. The van der Waals surface area contributed by atoms with E-state index in [2.05, 4.69) is 34.3 Å². The van der Waals surface area contributed by atoms with Gasteiger partial charge in [-0.05, 0) is 81.8 Å². The van der Waals surface area contributed by atoms with Crippen LogP contribution < -0.4 is 4.74 Å². The van der Waals surface area contributed by atoms with Gasteiger partial charge in [0, 0.05) is 28.6 Å². The molecule has 7 heteroatoms. The minimum atomic E-state index is -0.0168. The summed E-state index contributed by atoms with van der Waals surface area (Å²) in [5.74, 6) is 1.53. The molecule has 3 aromatic rings. The summed E-state index contributed by atoms with van der Waals surface area (Å²) in [4.78, 5) is 7.24. The minimum absolute atomic E-state index is 0.0168. The number of aliphatic hydroxyl groups is 1. The fraction of sp³-hybridized carbons (Fsp3) is 0.464. The Hall–Kier alpha value is -3.21. The molecule has 1 N–H and O–H groups in total. The van der Waals surface area contributed by atoms with Gasteiger partial charge >= 0.3 is 0 Å². The van der Waals surface area contributed by atoms with Gasteiger partial charge in [0.25, 0.3) is 5.89 Å². The zero-order valence-corrected chi connectivity index (χ0v) is 20.3. The van der Waals surface area contributed by atoms with Crippen LogP contribution >= 0.6 is 0 Å². The summed E-state index contributed by atoms with van der Waals surface area (Å²) >= 11 is 0. The first-order valence-electron chi connectivity index (χ1n) is 12.5. The molecule has 1 aromatic heterocycles. The van der Waals surface area contributed by atoms with Crippen LogP contribution in [0.15, 0.2) is 40.9 Å². The Morgan fingerprint density at radius 1 is 1.20 bits per heavy atom. The number of nitrogens with zero attached hydrogens (tertiary/aromatic N) is 4. The molecule has 1 atom stereocenters. The third kappa shape index (κ3) is 3.64. The average Bonchev–Trinajstić information content (AvgIpc) is 3.20. The van der Waals surface area contributed by atoms with E-state index >= 15 is 0 Å². The van der Waals surface area contributed by atoms with Gasteiger partial charge in [-0.2, -0.15) is 10.2 Å². The Morgan fingerprint density at radius 2 is 2.06 bits per heavy atom. The lowest BCUT2D eigenvalue weighted by Crippen LogP contribution is -2.40. The van der Waals surface area contributed by atoms with Crippen LogP contribution in [0.4, 0.5) is 0 Å². The number of ether oxygens (including phenoxy) is 1. The predicted octanol–water partition coefficient (Wildman–Crippen LogP) is 4.48. The second-order valence-corrected chi connectivity index (χ2v) is 10.6. The van der Waals surface area contributed by atoms with E-state index in [1.165, 1.54) is 11.1 Å². The van der Waals surface area contributed by atoms with Gasteiger partial charge in [-0.15, -0.1) is 0 Å². The average molecular weight is 471 g/mol. The van der Waals surface area contributed by atoms with E-state index in [1.54, 1.807) is 12.1 Å². The topological polar surface area (TPSA) is 95.4 Å². The Morgan fingerprint density at radius 3 is 2.80 bits per heavy atom. The molecule has 0 amide bonds. The number of benzene rings is 2. The Bertz CT molecular complexity index is 1320. The van der Waals surface area contributed by atoms with Gasteiger partial charge in [0.1, 0.15) is 11.8 Å². The van der Waals surface area contributed by atoms with Crippen molar-refractivity contribution in [3.8, 4) is 34.7 Å². The van der Waals surface area contributed by atoms with Crippen LogP contribution in [0.5, 0.6) is 5.75 Å². The second-order valence-electron chi connectivity index (χ2n) is 10.6. The van der Waals surface area contributed by atoms with Crippen molar-refractivity contribution in [1.29, 1.82) is 5.26 Å². The van der Waals surface area contributed by atoms with Crippen LogP contribution in [0.2, 0.25) is 0 Å². The SMILES string of the molecule is CC(C)Oc1ccc(-c2nc(-c3cccc4c3CC[C@]43CCN(C4(CO)CC4)C3)no2)cc1C#N. The van der Waals surface area contributed by atoms with E-state index < -0.39 is 0 Å². The van der Waals surface area contributed by atoms with Crippen molar-refractivity contribution in [2.75, 3.05) is 19.7 Å². The maximum atomic E-state index is 9.93. The van der Waals surface area contributed by atoms with Crippen molar-refractivity contribution >= 4 is 0 Å². The summed E-state index contributed by atoms with van der Waals surface area (Å²) in [6.07, 6.45) is 5.44. The molecule has 1 saturated heterocycles. The molecule has 0 unspecified atom stereocenters. The van der Waals surface area contributed by atoms with Crippen LogP contribution in [0.3, 0.4) is 0 Å². The molecule has 7 nitrogen and oxygen atoms in total. The number of nitriles is 1. The third-order valence-corrected chi connectivity index (χ3v) is 8.12. The first kappa shape index (κ1) is 22.3. The second kappa shape index (κ2) is 8.18. The van der Waals surface area contributed by atoms with Gasteiger partial charge in [-0.3, -0.25) is 4.90 Å². The molecule has 2 aromatic carbocycles. The number of hydrogen-bond acceptors (Lipinski definition) is 7. The normalized spacial score (nSPS) is 22.5. The van der Waals surface area contributed by atoms with E-state index in [4.69, 9.17) is 14.2 Å². The molecule has 0 bridgehead atoms. The number of aromatic nitrogens is 2. The minimum Gasteiger partial charge on any atom is -0.490 e. The molecule has 2 aliphatic carbocycles. The zero-order chi connectivity index (χ0) is 24.2. The zero-order valence-electron chi connectivity index (χ0n) is 20.3. The molecular formula is C28H30N4O3. The monoisotopic (exact) mass is 470 g/mol. The molecule has 35 heavy (non-hydrogen) atoms. The maximum Gasteiger partial charge on any atom is 0.258 e. The number of likely N-dealkylation sites (tertiary alicyclic amines) is 1. The summed E-state index contributed by atoms with van der Waals surface area (Å²) < 4.78 is 11.4. The molecule has 1 aliphatic heterocycles. The predicted molar refractivity (Wildman–Crippen MR) is 131 cm³/mol. The lowest BCUT2D eigenvalue weighted by atomic mass is 9.80. The van der Waals surface area contributed by atoms with Crippen LogP contribution in [0.25, 0.3) is 22.8 Å². The Labute approximate surface area is 205 Å². The fourth-order valence-corrected chi connectivity index (χ4v) is 6.04. The Balaban J connectivity index is 1.30. The van der Waals surface area contributed by atoms with Crippen molar-refractivity contribution in [1.82, 2.24) is 15.0 Å². The van der Waals surface area contributed by atoms with Crippen LogP contribution in [-0.2, 0) is 11.8 Å². The molecule has 180 valence electrons. The van der Waals surface area contributed by atoms with E-state index in [0.717, 1.165) is 50.8 Å². The highest BCUT2D eigenvalue weighted by Gasteiger charge is 2.54. The third-order valence-electron chi connectivity index (χ3n) is 8.12. The number of aliphatic hydroxyl groups excluding tert-OH is 1. The fourth-order valence-electron chi connectivity index (χ4n) is 6.04. The summed E-state index contributed by atoms with van der Waals surface area (Å²) in [6, 6.07) is 14.0. The number of rotatable bonds is 6. The van der Waals surface area contributed by atoms with Crippen molar-refractivity contribution in [3.63, 3.8) is 0 Å². The summed E-state index contributed by atoms with van der Waals surface area (Å²) in [5.41, 5.74) is 5.07. The summed E-state index contributed by atoms with van der Waals surface area (Å²) in [6.45, 7) is 6.19. The van der Waals surface area contributed by atoms with Gasteiger partial charge in [0.2, 0.25) is 5.82 Å². The van der Waals surface area contributed by atoms with Gasteiger partial charge in [0.05, 0.1) is 18.3 Å². The largest absolute Gasteiger partial charge is 0.490 e. The first-order chi connectivity index (χ1) is 17.0. The molecule has 0 radical (unpaired) electrons. The van der Waals surface area contributed by atoms with Crippen LogP contribution in [-0.4, -0.2) is 51.5 Å². The smallest absolute Gasteiger partial charge is 0.258 e. The standard InChI is InChI=1S/C28H30N4O3/c1-18(2)34-24-7-6-19(14-20(24)15-29)26-30-25(31-35-26)22-4-3-5-23-21(22)8-9-27(23)12-13-32(16-27)28(17-33)10-11-28/h3-7,14,18,33H,8-13,16-17H2,1-2H3/t27-/m1/s1. The first-order valence-corrected chi connectivity index (χ1v) is 12.5. The molecule has 2 fully saturated rings. The van der Waals surface area contributed by atoms with E-state index in [-0.39, 0.29) is 23.7 Å². The molecule has 3 aliphatic rings. The van der Waals surface area contributed by atoms with Gasteiger partial charge in [0.15, 0.2) is 0 Å². The molecule has 1 saturated carbocycles. The van der Waals surface area contributed by atoms with Crippen molar-refractivity contribution in [2.45, 2.75) is 63.0 Å².